The predicted octanol–water partition coefficient (Wildman–Crippen LogP) is 3.16. The third kappa shape index (κ3) is 4.36. The summed E-state index contributed by atoms with van der Waals surface area (Å²) in [5.74, 6) is 1.08. The van der Waals surface area contributed by atoms with Crippen LogP contribution in [0.2, 0.25) is 5.02 Å². The van der Waals surface area contributed by atoms with Crippen LogP contribution in [0.25, 0.3) is 5.65 Å². The first-order chi connectivity index (χ1) is 12.9. The lowest BCUT2D eigenvalue weighted by atomic mass is 9.84. The Balaban J connectivity index is 1.63. The average Bonchev–Trinajstić information content (AvgIpc) is 3.05. The minimum absolute atomic E-state index is 0.316. The highest BCUT2D eigenvalue weighted by molar-refractivity contribution is 6.31. The molecule has 6 nitrogen and oxygen atoms in total. The molecular formula is C19H22ClFN6. The van der Waals surface area contributed by atoms with Gasteiger partial charge < -0.3 is 10.6 Å². The van der Waals surface area contributed by atoms with E-state index in [1.54, 1.807) is 13.1 Å². The molecule has 1 aromatic carbocycles. The number of rotatable bonds is 5. The topological polar surface area (TPSA) is 66.6 Å². The fraction of sp³-hybridized carbons (Fsp3) is 0.316. The molecule has 0 saturated carbocycles. The van der Waals surface area contributed by atoms with Crippen LogP contribution in [0, 0.1) is 5.82 Å². The van der Waals surface area contributed by atoms with E-state index in [4.69, 9.17) is 11.6 Å². The van der Waals surface area contributed by atoms with E-state index in [1.807, 2.05) is 42.6 Å². The highest BCUT2D eigenvalue weighted by Crippen LogP contribution is 2.29. The lowest BCUT2D eigenvalue weighted by Gasteiger charge is -2.27. The largest absolute Gasteiger partial charge is 0.356 e. The van der Waals surface area contributed by atoms with Crippen molar-refractivity contribution in [1.82, 2.24) is 25.2 Å². The molecule has 27 heavy (non-hydrogen) atoms. The van der Waals surface area contributed by atoms with Gasteiger partial charge in [0.15, 0.2) is 17.4 Å². The summed E-state index contributed by atoms with van der Waals surface area (Å²) in [6.45, 7) is 5.12. The summed E-state index contributed by atoms with van der Waals surface area (Å²) in [7, 11) is 1.70. The Morgan fingerprint density at radius 2 is 2.04 bits per heavy atom. The van der Waals surface area contributed by atoms with Crippen LogP contribution in [0.3, 0.4) is 0 Å². The molecule has 0 spiro atoms. The molecule has 2 aromatic heterocycles. The zero-order valence-electron chi connectivity index (χ0n) is 15.5. The second kappa shape index (κ2) is 7.92. The van der Waals surface area contributed by atoms with E-state index in [1.165, 1.54) is 12.1 Å². The molecule has 0 aliphatic heterocycles. The second-order valence-electron chi connectivity index (χ2n) is 6.83. The second-order valence-corrected chi connectivity index (χ2v) is 7.24. The molecule has 0 fully saturated rings. The monoisotopic (exact) mass is 388 g/mol. The quantitative estimate of drug-likeness (QED) is 0.520. The van der Waals surface area contributed by atoms with Crippen molar-refractivity contribution >= 4 is 23.2 Å². The van der Waals surface area contributed by atoms with E-state index in [-0.39, 0.29) is 11.2 Å². The third-order valence-corrected chi connectivity index (χ3v) is 4.69. The van der Waals surface area contributed by atoms with Crippen molar-refractivity contribution in [3.8, 4) is 0 Å². The minimum atomic E-state index is -0.342. The summed E-state index contributed by atoms with van der Waals surface area (Å²) in [5, 5.41) is 15.3. The smallest absolute Gasteiger partial charge is 0.191 e. The predicted molar refractivity (Wildman–Crippen MR) is 106 cm³/mol. The highest BCUT2D eigenvalue weighted by atomic mass is 35.5. The van der Waals surface area contributed by atoms with Gasteiger partial charge >= 0.3 is 0 Å². The number of guanidine groups is 1. The lowest BCUT2D eigenvalue weighted by molar-refractivity contribution is 0.506. The summed E-state index contributed by atoms with van der Waals surface area (Å²) >= 11 is 6.22. The number of aromatic nitrogens is 3. The first kappa shape index (κ1) is 19.1. The van der Waals surface area contributed by atoms with E-state index >= 15 is 0 Å². The summed E-state index contributed by atoms with van der Waals surface area (Å²) in [6.07, 6.45) is 1.92. The molecule has 3 aromatic rings. The normalized spacial score (nSPS) is 12.4. The Hall–Kier alpha value is -2.67. The average molecular weight is 389 g/mol. The number of hydrogen-bond acceptors (Lipinski definition) is 3. The van der Waals surface area contributed by atoms with Gasteiger partial charge in [-0.3, -0.25) is 9.39 Å². The molecule has 0 aliphatic carbocycles. The van der Waals surface area contributed by atoms with Crippen molar-refractivity contribution in [3.63, 3.8) is 0 Å². The number of hydrogen-bond donors (Lipinski definition) is 2. The van der Waals surface area contributed by atoms with Gasteiger partial charge in [0.2, 0.25) is 0 Å². The summed E-state index contributed by atoms with van der Waals surface area (Å²) in [4.78, 5) is 4.24. The molecule has 0 bridgehead atoms. The van der Waals surface area contributed by atoms with Crippen molar-refractivity contribution in [3.05, 3.63) is 64.8 Å². The Labute approximate surface area is 162 Å². The number of nitrogens with zero attached hydrogens (tertiary/aromatic N) is 4. The van der Waals surface area contributed by atoms with Crippen molar-refractivity contribution < 1.29 is 4.39 Å². The van der Waals surface area contributed by atoms with Crippen LogP contribution < -0.4 is 10.6 Å². The fourth-order valence-electron chi connectivity index (χ4n) is 2.83. The number of fused-ring (bicyclic) bond motifs is 1. The number of aliphatic imine (C=N–C) groups is 1. The molecule has 2 heterocycles. The van der Waals surface area contributed by atoms with Gasteiger partial charge in [-0.1, -0.05) is 37.6 Å². The zero-order valence-corrected chi connectivity index (χ0v) is 16.3. The fourth-order valence-corrected chi connectivity index (χ4v) is 3.26. The van der Waals surface area contributed by atoms with E-state index in [0.717, 1.165) is 17.0 Å². The van der Waals surface area contributed by atoms with Crippen LogP contribution in [0.15, 0.2) is 47.6 Å². The molecule has 0 radical (unpaired) electrons. The van der Waals surface area contributed by atoms with Gasteiger partial charge in [0.05, 0.1) is 6.54 Å². The molecule has 0 unspecified atom stereocenters. The van der Waals surface area contributed by atoms with Crippen molar-refractivity contribution in [2.24, 2.45) is 4.99 Å². The Bertz CT molecular complexity index is 966. The van der Waals surface area contributed by atoms with Gasteiger partial charge in [0.1, 0.15) is 5.82 Å². The maximum atomic E-state index is 13.3. The van der Waals surface area contributed by atoms with E-state index in [0.29, 0.717) is 24.1 Å². The molecule has 0 saturated heterocycles. The Morgan fingerprint density at radius 3 is 2.78 bits per heavy atom. The van der Waals surface area contributed by atoms with Crippen LogP contribution >= 0.6 is 11.6 Å². The van der Waals surface area contributed by atoms with Crippen LogP contribution in [0.4, 0.5) is 4.39 Å². The molecule has 3 rings (SSSR count). The third-order valence-electron chi connectivity index (χ3n) is 4.38. The van der Waals surface area contributed by atoms with Crippen molar-refractivity contribution in [2.75, 3.05) is 13.6 Å². The minimum Gasteiger partial charge on any atom is -0.356 e. The molecule has 2 N–H and O–H groups in total. The van der Waals surface area contributed by atoms with Crippen LogP contribution in [0.1, 0.15) is 25.2 Å². The van der Waals surface area contributed by atoms with Gasteiger partial charge in [0, 0.05) is 30.2 Å². The van der Waals surface area contributed by atoms with Crippen molar-refractivity contribution in [1.29, 1.82) is 0 Å². The summed E-state index contributed by atoms with van der Waals surface area (Å²) < 4.78 is 15.2. The summed E-state index contributed by atoms with van der Waals surface area (Å²) in [6, 6.07) is 10.2. The number of pyridine rings is 1. The van der Waals surface area contributed by atoms with Gasteiger partial charge in [-0.15, -0.1) is 10.2 Å². The molecule has 8 heteroatoms. The SMILES string of the molecule is CN=C(NCc1nnc2ccccn12)NCC(C)(C)c1ccc(F)cc1Cl. The highest BCUT2D eigenvalue weighted by Gasteiger charge is 2.24. The molecule has 0 aliphatic rings. The Morgan fingerprint density at radius 1 is 1.22 bits per heavy atom. The van der Waals surface area contributed by atoms with Crippen molar-refractivity contribution in [2.45, 2.75) is 25.8 Å². The maximum Gasteiger partial charge on any atom is 0.191 e. The van der Waals surface area contributed by atoms with Crippen LogP contribution in [-0.2, 0) is 12.0 Å². The summed E-state index contributed by atoms with van der Waals surface area (Å²) in [5.41, 5.74) is 1.35. The maximum absolute atomic E-state index is 13.3. The molecule has 0 amide bonds. The molecule has 0 atom stereocenters. The number of benzene rings is 1. The van der Waals surface area contributed by atoms with Gasteiger partial charge in [-0.2, -0.15) is 0 Å². The lowest BCUT2D eigenvalue weighted by Crippen LogP contribution is -2.43. The molecule has 142 valence electrons. The zero-order chi connectivity index (χ0) is 19.4. The van der Waals surface area contributed by atoms with Gasteiger partial charge in [-0.25, -0.2) is 4.39 Å². The van der Waals surface area contributed by atoms with E-state index in [9.17, 15) is 4.39 Å². The molecular weight excluding hydrogens is 367 g/mol. The van der Waals surface area contributed by atoms with Gasteiger partial charge in [-0.05, 0) is 29.8 Å². The van der Waals surface area contributed by atoms with E-state index in [2.05, 4.69) is 25.8 Å². The van der Waals surface area contributed by atoms with Crippen LogP contribution in [0.5, 0.6) is 0 Å². The first-order valence-electron chi connectivity index (χ1n) is 8.59. The van der Waals surface area contributed by atoms with Gasteiger partial charge in [0.25, 0.3) is 0 Å². The van der Waals surface area contributed by atoms with E-state index < -0.39 is 0 Å². The first-order valence-corrected chi connectivity index (χ1v) is 8.97. The number of nitrogens with one attached hydrogen (secondary N) is 2. The standard InChI is InChI=1S/C19H22ClFN6/c1-19(2,14-8-7-13(21)10-15(14)20)12-24-18(22-3)23-11-17-26-25-16-6-4-5-9-27(16)17/h4-10H,11-12H2,1-3H3,(H2,22,23,24). The number of halogens is 2. The Kier molecular flexibility index (Phi) is 5.60. The van der Waals surface area contributed by atoms with Crippen LogP contribution in [-0.4, -0.2) is 34.2 Å².